The third kappa shape index (κ3) is 5.00. The number of nitrogens with zero attached hydrogens (tertiary/aromatic N) is 7. The fourth-order valence-corrected chi connectivity index (χ4v) is 6.33. The van der Waals surface area contributed by atoms with Gasteiger partial charge in [0.2, 0.25) is 5.95 Å². The van der Waals surface area contributed by atoms with Gasteiger partial charge in [0.25, 0.3) is 5.56 Å². The number of H-pyrrole nitrogens is 1. The number of aromatic nitrogens is 7. The predicted octanol–water partition coefficient (Wildman–Crippen LogP) is 3.14. The molecule has 11 heteroatoms. The van der Waals surface area contributed by atoms with Crippen molar-refractivity contribution in [1.29, 1.82) is 0 Å². The molecule has 4 aromatic rings. The van der Waals surface area contributed by atoms with Crippen molar-refractivity contribution in [3.63, 3.8) is 0 Å². The average Bonchev–Trinajstić information content (AvgIpc) is 3.64. The van der Waals surface area contributed by atoms with Gasteiger partial charge in [-0.25, -0.2) is 10.1 Å². The van der Waals surface area contributed by atoms with E-state index in [-0.39, 0.29) is 17.7 Å². The zero-order valence-corrected chi connectivity index (χ0v) is 22.1. The molecule has 0 spiro atoms. The number of benzene rings is 1. The molecule has 1 saturated heterocycles. The van der Waals surface area contributed by atoms with Crippen LogP contribution in [0.2, 0.25) is 0 Å². The largest absolute Gasteiger partial charge is 0.393 e. The third-order valence-electron chi connectivity index (χ3n) is 8.84. The first-order valence-electron chi connectivity index (χ1n) is 14.3. The predicted molar refractivity (Wildman–Crippen MR) is 147 cm³/mol. The van der Waals surface area contributed by atoms with Crippen molar-refractivity contribution in [2.75, 3.05) is 25.0 Å². The molecule has 3 fully saturated rings. The lowest BCUT2D eigenvalue weighted by molar-refractivity contribution is 0.111. The van der Waals surface area contributed by atoms with E-state index in [1.54, 1.807) is 0 Å². The summed E-state index contributed by atoms with van der Waals surface area (Å²) >= 11 is 0. The summed E-state index contributed by atoms with van der Waals surface area (Å²) in [5, 5.41) is 30.5. The van der Waals surface area contributed by atoms with Crippen LogP contribution in [0.4, 0.5) is 5.95 Å². The maximum absolute atomic E-state index is 14.1. The maximum Gasteiger partial charge on any atom is 0.260 e. The van der Waals surface area contributed by atoms with E-state index >= 15 is 0 Å². The Morgan fingerprint density at radius 1 is 1.00 bits per heavy atom. The van der Waals surface area contributed by atoms with E-state index in [0.717, 1.165) is 79.4 Å². The first-order chi connectivity index (χ1) is 19.1. The molecule has 1 aromatic carbocycles. The quantitative estimate of drug-likeness (QED) is 0.308. The van der Waals surface area contributed by atoms with Gasteiger partial charge in [-0.05, 0) is 97.8 Å². The topological polar surface area (TPSA) is 138 Å². The molecule has 3 N–H and O–H groups in total. The van der Waals surface area contributed by atoms with Gasteiger partial charge in [0.15, 0.2) is 5.82 Å². The number of piperidine rings is 1. The molecule has 39 heavy (non-hydrogen) atoms. The number of pyridine rings is 1. The van der Waals surface area contributed by atoms with Crippen LogP contribution in [0.15, 0.2) is 29.2 Å². The molecular formula is C28H35N9O2. The lowest BCUT2D eigenvalue weighted by Gasteiger charge is -2.31. The Morgan fingerprint density at radius 2 is 1.82 bits per heavy atom. The Balaban J connectivity index is 1.21. The maximum atomic E-state index is 14.1. The van der Waals surface area contributed by atoms with E-state index in [4.69, 9.17) is 4.98 Å². The van der Waals surface area contributed by atoms with E-state index in [2.05, 4.69) is 54.0 Å². The number of nitrogens with one attached hydrogen (secondary N) is 2. The van der Waals surface area contributed by atoms with Crippen LogP contribution < -0.4 is 10.9 Å². The number of aliphatic hydroxyl groups is 1. The summed E-state index contributed by atoms with van der Waals surface area (Å²) in [6.07, 6.45) is 9.04. The van der Waals surface area contributed by atoms with E-state index < -0.39 is 0 Å². The van der Waals surface area contributed by atoms with Crippen LogP contribution in [-0.2, 0) is 6.54 Å². The number of aliphatic hydroxyl groups excluding tert-OH is 1. The Labute approximate surface area is 226 Å². The monoisotopic (exact) mass is 529 g/mol. The number of anilines is 1. The van der Waals surface area contributed by atoms with Crippen molar-refractivity contribution < 1.29 is 5.11 Å². The van der Waals surface area contributed by atoms with Crippen molar-refractivity contribution in [2.45, 2.75) is 76.0 Å². The molecule has 2 aliphatic carbocycles. The number of hydrogen-bond donors (Lipinski definition) is 3. The molecule has 0 bridgehead atoms. The Morgan fingerprint density at radius 3 is 2.56 bits per heavy atom. The third-order valence-corrected chi connectivity index (χ3v) is 8.84. The molecule has 0 atom stereocenters. The van der Waals surface area contributed by atoms with Gasteiger partial charge in [0, 0.05) is 42.0 Å². The fourth-order valence-electron chi connectivity index (χ4n) is 6.33. The molecule has 0 amide bonds. The molecule has 1 aliphatic heterocycles. The summed E-state index contributed by atoms with van der Waals surface area (Å²) in [6, 6.07) is 6.29. The second-order valence-electron chi connectivity index (χ2n) is 11.6. The number of likely N-dealkylation sites (tertiary alicyclic amines) is 1. The highest BCUT2D eigenvalue weighted by molar-refractivity contribution is 6.04. The molecule has 0 unspecified atom stereocenters. The van der Waals surface area contributed by atoms with Gasteiger partial charge >= 0.3 is 0 Å². The molecule has 2 saturated carbocycles. The van der Waals surface area contributed by atoms with Crippen LogP contribution in [0.25, 0.3) is 21.8 Å². The van der Waals surface area contributed by atoms with E-state index in [1.165, 1.54) is 12.8 Å². The Bertz CT molecular complexity index is 1520. The number of hydrogen-bond acceptors (Lipinski definition) is 9. The molecule has 204 valence electrons. The van der Waals surface area contributed by atoms with Gasteiger partial charge in [-0.3, -0.25) is 14.3 Å². The summed E-state index contributed by atoms with van der Waals surface area (Å²) in [6.45, 7) is 3.58. The first-order valence-corrected chi connectivity index (χ1v) is 14.3. The smallest absolute Gasteiger partial charge is 0.260 e. The zero-order valence-electron chi connectivity index (χ0n) is 22.1. The standard InChI is InChI=1S/C28H35N9O2/c38-21-6-4-20(5-7-21)37-26-24(15-30-28(31-26)29-14-17-1-2-17)22-8-3-18(13-23(22)27(37)39)16-36-11-9-19(10-12-36)25-32-34-35-33-25/h3,8,13,15,17,19-21,38H,1-2,4-7,9-12,14,16H2,(H,29,30,31)(H,32,33,34,35)/t20-,21+. The average molecular weight is 530 g/mol. The molecule has 11 nitrogen and oxygen atoms in total. The van der Waals surface area contributed by atoms with E-state index in [0.29, 0.717) is 36.3 Å². The molecular weight excluding hydrogens is 494 g/mol. The van der Waals surface area contributed by atoms with Crippen LogP contribution in [0.3, 0.4) is 0 Å². The second kappa shape index (κ2) is 10.3. The van der Waals surface area contributed by atoms with Crippen LogP contribution in [0, 0.1) is 5.92 Å². The summed E-state index contributed by atoms with van der Waals surface area (Å²) in [5.74, 6) is 2.52. The normalized spacial score (nSPS) is 23.0. The van der Waals surface area contributed by atoms with Gasteiger partial charge < -0.3 is 10.4 Å². The molecule has 7 rings (SSSR count). The van der Waals surface area contributed by atoms with Crippen molar-refractivity contribution in [1.82, 2.24) is 40.1 Å². The van der Waals surface area contributed by atoms with Crippen LogP contribution in [-0.4, -0.2) is 70.9 Å². The SMILES string of the molecule is O=c1c2cc(CN3CCC(c4nnn[nH]4)CC3)ccc2c2cnc(NCC3CC3)nc2n1[C@H]1CC[C@@H](O)CC1. The number of fused-ring (bicyclic) bond motifs is 3. The number of rotatable bonds is 7. The summed E-state index contributed by atoms with van der Waals surface area (Å²) in [4.78, 5) is 26.1. The molecule has 3 aliphatic rings. The Hall–Kier alpha value is -3.44. The van der Waals surface area contributed by atoms with E-state index in [9.17, 15) is 9.90 Å². The van der Waals surface area contributed by atoms with Gasteiger partial charge in [-0.1, -0.05) is 12.1 Å². The molecule has 4 heterocycles. The fraction of sp³-hybridized carbons (Fsp3) is 0.571. The number of tetrazole rings is 1. The summed E-state index contributed by atoms with van der Waals surface area (Å²) in [7, 11) is 0. The van der Waals surface area contributed by atoms with Crippen molar-refractivity contribution in [2.24, 2.45) is 5.92 Å². The van der Waals surface area contributed by atoms with Gasteiger partial charge in [-0.2, -0.15) is 4.98 Å². The van der Waals surface area contributed by atoms with Gasteiger partial charge in [0.1, 0.15) is 5.65 Å². The number of aromatic amines is 1. The highest BCUT2D eigenvalue weighted by Gasteiger charge is 2.27. The first kappa shape index (κ1) is 24.6. The highest BCUT2D eigenvalue weighted by atomic mass is 16.3. The minimum atomic E-state index is -0.287. The summed E-state index contributed by atoms with van der Waals surface area (Å²) in [5.41, 5.74) is 1.83. The van der Waals surface area contributed by atoms with Crippen LogP contribution >= 0.6 is 0 Å². The van der Waals surface area contributed by atoms with Crippen molar-refractivity contribution in [3.05, 3.63) is 46.1 Å². The lowest BCUT2D eigenvalue weighted by Crippen LogP contribution is -2.33. The second-order valence-corrected chi connectivity index (χ2v) is 11.6. The molecule has 0 radical (unpaired) electrons. The Kier molecular flexibility index (Phi) is 6.48. The minimum absolute atomic E-state index is 0.00381. The van der Waals surface area contributed by atoms with Crippen LogP contribution in [0.5, 0.6) is 0 Å². The minimum Gasteiger partial charge on any atom is -0.393 e. The molecule has 3 aromatic heterocycles. The van der Waals surface area contributed by atoms with Gasteiger partial charge in [-0.15, -0.1) is 5.10 Å². The van der Waals surface area contributed by atoms with E-state index in [1.807, 2.05) is 10.8 Å². The lowest BCUT2D eigenvalue weighted by atomic mass is 9.92. The van der Waals surface area contributed by atoms with Gasteiger partial charge in [0.05, 0.1) is 6.10 Å². The summed E-state index contributed by atoms with van der Waals surface area (Å²) < 4.78 is 1.90. The zero-order chi connectivity index (χ0) is 26.3. The van der Waals surface area contributed by atoms with Crippen molar-refractivity contribution >= 4 is 27.8 Å². The van der Waals surface area contributed by atoms with Crippen molar-refractivity contribution in [3.8, 4) is 0 Å². The highest BCUT2D eigenvalue weighted by Crippen LogP contribution is 2.33. The van der Waals surface area contributed by atoms with Crippen LogP contribution in [0.1, 0.15) is 74.7 Å².